The zero-order chi connectivity index (χ0) is 25.7. The van der Waals surface area contributed by atoms with Gasteiger partial charge in [0.1, 0.15) is 17.2 Å². The lowest BCUT2D eigenvalue weighted by Gasteiger charge is -2.41. The molecule has 2 heterocycles. The van der Waals surface area contributed by atoms with Crippen LogP contribution in [0, 0.1) is 0 Å². The second-order valence-corrected chi connectivity index (χ2v) is 10.5. The molecule has 1 aliphatic carbocycles. The van der Waals surface area contributed by atoms with Gasteiger partial charge in [0.05, 0.1) is 18.6 Å². The van der Waals surface area contributed by atoms with Gasteiger partial charge in [-0.05, 0) is 45.7 Å². The first-order valence-electron chi connectivity index (χ1n) is 12.8. The molecule has 0 spiro atoms. The van der Waals surface area contributed by atoms with Gasteiger partial charge in [-0.3, -0.25) is 4.79 Å². The second kappa shape index (κ2) is 11.1. The van der Waals surface area contributed by atoms with Crippen LogP contribution in [0.25, 0.3) is 11.0 Å². The number of carbonyl (C=O) groups is 3. The molecule has 2 fully saturated rings. The summed E-state index contributed by atoms with van der Waals surface area (Å²) in [5, 5.41) is 14.3. The zero-order valence-corrected chi connectivity index (χ0v) is 21.4. The first-order chi connectivity index (χ1) is 17.2. The summed E-state index contributed by atoms with van der Waals surface area (Å²) in [4.78, 5) is 42.2. The van der Waals surface area contributed by atoms with Gasteiger partial charge in [-0.2, -0.15) is 0 Å². The first kappa shape index (κ1) is 25.7. The van der Waals surface area contributed by atoms with Crippen molar-refractivity contribution in [3.05, 3.63) is 24.3 Å². The van der Waals surface area contributed by atoms with Gasteiger partial charge >= 0.3 is 12.1 Å². The summed E-state index contributed by atoms with van der Waals surface area (Å²) in [5.74, 6) is -0.313. The number of urea groups is 1. The Balaban J connectivity index is 1.41. The molecule has 2 aromatic rings. The van der Waals surface area contributed by atoms with E-state index in [0.29, 0.717) is 19.6 Å². The summed E-state index contributed by atoms with van der Waals surface area (Å²) < 4.78 is 7.24. The fraction of sp³-hybridized carbons (Fsp3) is 0.640. The van der Waals surface area contributed by atoms with E-state index in [4.69, 9.17) is 4.74 Å². The maximum Gasteiger partial charge on any atom is 0.410 e. The Morgan fingerprint density at radius 2 is 1.83 bits per heavy atom. The summed E-state index contributed by atoms with van der Waals surface area (Å²) in [6.45, 7) is 6.79. The number of para-hydroxylation sites is 1. The highest BCUT2D eigenvalue weighted by molar-refractivity contribution is 5.88. The summed E-state index contributed by atoms with van der Waals surface area (Å²) in [5.41, 5.74) is 1.02. The van der Waals surface area contributed by atoms with Crippen molar-refractivity contribution in [3.63, 3.8) is 0 Å². The van der Waals surface area contributed by atoms with Crippen molar-refractivity contribution in [2.24, 2.45) is 0 Å². The number of fused-ring (bicyclic) bond motifs is 1. The van der Waals surface area contributed by atoms with Crippen LogP contribution in [0.1, 0.15) is 52.9 Å². The molecule has 0 unspecified atom stereocenters. The van der Waals surface area contributed by atoms with Crippen LogP contribution >= 0.6 is 0 Å². The fourth-order valence-electron chi connectivity index (χ4n) is 4.73. The maximum absolute atomic E-state index is 13.3. The van der Waals surface area contributed by atoms with Crippen molar-refractivity contribution in [1.82, 2.24) is 35.4 Å². The average molecular weight is 500 g/mol. The molecule has 1 saturated heterocycles. The summed E-state index contributed by atoms with van der Waals surface area (Å²) in [7, 11) is 0. The van der Waals surface area contributed by atoms with Crippen LogP contribution in [0.2, 0.25) is 0 Å². The lowest BCUT2D eigenvalue weighted by atomic mass is 9.95. The molecule has 0 bridgehead atoms. The van der Waals surface area contributed by atoms with Gasteiger partial charge in [-0.15, -0.1) is 5.10 Å². The van der Waals surface area contributed by atoms with Crippen molar-refractivity contribution in [3.8, 4) is 0 Å². The minimum atomic E-state index is -0.817. The lowest BCUT2D eigenvalue weighted by Crippen LogP contribution is -2.64. The van der Waals surface area contributed by atoms with Crippen LogP contribution in [0.3, 0.4) is 0 Å². The number of hydrogen-bond donors (Lipinski definition) is 2. The summed E-state index contributed by atoms with van der Waals surface area (Å²) in [6.07, 6.45) is 4.80. The van der Waals surface area contributed by atoms with Crippen LogP contribution in [0.5, 0.6) is 0 Å². The van der Waals surface area contributed by atoms with E-state index in [1.54, 1.807) is 30.4 Å². The molecule has 36 heavy (non-hydrogen) atoms. The van der Waals surface area contributed by atoms with E-state index in [1.807, 2.05) is 24.3 Å². The number of benzene rings is 1. The third-order valence-corrected chi connectivity index (χ3v) is 6.57. The summed E-state index contributed by atoms with van der Waals surface area (Å²) in [6, 6.07) is 6.67. The molecular weight excluding hydrogens is 462 g/mol. The van der Waals surface area contributed by atoms with Gasteiger partial charge in [-0.25, -0.2) is 14.3 Å². The number of ether oxygens (including phenoxy) is 1. The third kappa shape index (κ3) is 6.44. The second-order valence-electron chi connectivity index (χ2n) is 10.5. The Kier molecular flexibility index (Phi) is 7.95. The topological polar surface area (TPSA) is 122 Å². The van der Waals surface area contributed by atoms with Crippen molar-refractivity contribution in [2.45, 2.75) is 77.1 Å². The van der Waals surface area contributed by atoms with E-state index >= 15 is 0 Å². The molecule has 1 aromatic carbocycles. The number of amides is 4. The Morgan fingerprint density at radius 3 is 2.58 bits per heavy atom. The molecule has 1 aliphatic heterocycles. The zero-order valence-electron chi connectivity index (χ0n) is 21.4. The lowest BCUT2D eigenvalue weighted by molar-refractivity contribution is -0.127. The predicted octanol–water partition coefficient (Wildman–Crippen LogP) is 2.51. The molecular formula is C25H37N7O4. The van der Waals surface area contributed by atoms with Gasteiger partial charge in [0.25, 0.3) is 0 Å². The Hall–Kier alpha value is -3.37. The van der Waals surface area contributed by atoms with E-state index in [-0.39, 0.29) is 31.1 Å². The molecule has 196 valence electrons. The number of nitrogens with one attached hydrogen (secondary N) is 2. The van der Waals surface area contributed by atoms with E-state index in [9.17, 15) is 14.4 Å². The Bertz CT molecular complexity index is 1070. The number of hydrogen-bond acceptors (Lipinski definition) is 6. The smallest absolute Gasteiger partial charge is 0.410 e. The van der Waals surface area contributed by atoms with Gasteiger partial charge in [0.2, 0.25) is 5.91 Å². The predicted molar refractivity (Wildman–Crippen MR) is 134 cm³/mol. The Labute approximate surface area is 211 Å². The average Bonchev–Trinajstić information content (AvgIpc) is 3.26. The van der Waals surface area contributed by atoms with Gasteiger partial charge in [0, 0.05) is 25.7 Å². The highest BCUT2D eigenvalue weighted by atomic mass is 16.6. The third-order valence-electron chi connectivity index (χ3n) is 6.57. The van der Waals surface area contributed by atoms with Crippen molar-refractivity contribution < 1.29 is 19.1 Å². The number of rotatable bonds is 5. The van der Waals surface area contributed by atoms with E-state index < -0.39 is 17.7 Å². The minimum Gasteiger partial charge on any atom is -0.444 e. The van der Waals surface area contributed by atoms with Gasteiger partial charge in [-0.1, -0.05) is 36.6 Å². The van der Waals surface area contributed by atoms with Crippen molar-refractivity contribution >= 4 is 29.1 Å². The first-order valence-corrected chi connectivity index (χ1v) is 12.8. The Morgan fingerprint density at radius 1 is 1.08 bits per heavy atom. The number of aromatic nitrogens is 3. The highest BCUT2D eigenvalue weighted by Gasteiger charge is 2.38. The molecule has 2 N–H and O–H groups in total. The molecule has 0 radical (unpaired) electrons. The molecule has 1 saturated carbocycles. The van der Waals surface area contributed by atoms with Crippen molar-refractivity contribution in [1.29, 1.82) is 0 Å². The van der Waals surface area contributed by atoms with Gasteiger partial charge in [0.15, 0.2) is 0 Å². The van der Waals surface area contributed by atoms with Crippen LogP contribution in [-0.2, 0) is 16.1 Å². The fourth-order valence-corrected chi connectivity index (χ4v) is 4.73. The molecule has 4 rings (SSSR count). The molecule has 11 nitrogen and oxygen atoms in total. The molecule has 4 amide bonds. The molecule has 2 aliphatic rings. The van der Waals surface area contributed by atoms with Crippen LogP contribution in [-0.4, -0.2) is 86.7 Å². The largest absolute Gasteiger partial charge is 0.444 e. The van der Waals surface area contributed by atoms with Crippen molar-refractivity contribution in [2.75, 3.05) is 26.2 Å². The quantitative estimate of drug-likeness (QED) is 0.652. The van der Waals surface area contributed by atoms with Crippen LogP contribution < -0.4 is 10.6 Å². The van der Waals surface area contributed by atoms with E-state index in [2.05, 4.69) is 20.9 Å². The van der Waals surface area contributed by atoms with Crippen LogP contribution in [0.4, 0.5) is 9.59 Å². The molecule has 1 aromatic heterocycles. The molecule has 11 heteroatoms. The minimum absolute atomic E-state index is 0.0745. The van der Waals surface area contributed by atoms with Gasteiger partial charge < -0.3 is 25.2 Å². The van der Waals surface area contributed by atoms with Crippen LogP contribution in [0.15, 0.2) is 24.3 Å². The standard InChI is InChI=1S/C25H37N7O4/c1-25(2,3)36-24(35)30-15-16-31(23(34)27-18-9-5-4-6-10-18)21(17-30)22(33)26-13-14-32-20-12-8-7-11-19(20)28-29-32/h7-8,11-12,18,21H,4-6,9-10,13-17H2,1-3H3,(H,26,33)(H,27,34)/t21-/m1/s1. The number of piperazine rings is 1. The maximum atomic E-state index is 13.3. The monoisotopic (exact) mass is 499 g/mol. The number of nitrogens with zero attached hydrogens (tertiary/aromatic N) is 5. The SMILES string of the molecule is CC(C)(C)OC(=O)N1CCN(C(=O)NC2CCCCC2)[C@@H](C(=O)NCCn2nnc3ccccc32)C1. The summed E-state index contributed by atoms with van der Waals surface area (Å²) >= 11 is 0. The number of carbonyl (C=O) groups excluding carboxylic acids is 3. The normalized spacial score (nSPS) is 19.2. The molecule has 1 atom stereocenters. The highest BCUT2D eigenvalue weighted by Crippen LogP contribution is 2.20. The van der Waals surface area contributed by atoms with E-state index in [0.717, 1.165) is 36.7 Å². The van der Waals surface area contributed by atoms with E-state index in [1.165, 1.54) is 11.3 Å².